The van der Waals surface area contributed by atoms with Crippen molar-refractivity contribution in [1.82, 2.24) is 0 Å². The number of benzene rings is 2. The van der Waals surface area contributed by atoms with Crippen molar-refractivity contribution in [3.63, 3.8) is 0 Å². The van der Waals surface area contributed by atoms with E-state index in [0.29, 0.717) is 0 Å². The summed E-state index contributed by atoms with van der Waals surface area (Å²) in [6.45, 7) is 4.17. The van der Waals surface area contributed by atoms with E-state index in [4.69, 9.17) is 10.2 Å². The van der Waals surface area contributed by atoms with Crippen LogP contribution in [-0.4, -0.2) is 22.4 Å². The molecule has 2 aromatic rings. The van der Waals surface area contributed by atoms with Crippen LogP contribution in [-0.2, 0) is 0 Å². The molecule has 6 heteroatoms. The summed E-state index contributed by atoms with van der Waals surface area (Å²) in [7, 11) is 0. The van der Waals surface area contributed by atoms with Gasteiger partial charge in [-0.05, 0) is 13.8 Å². The van der Waals surface area contributed by atoms with E-state index < -0.39 is 12.2 Å². The molecule has 0 atom stereocenters. The first kappa shape index (κ1) is 19.0. The Bertz CT molecular complexity index is 530. The number of hydrogen-bond donors (Lipinski definition) is 2. The Morgan fingerprint density at radius 2 is 0.955 bits per heavy atom. The van der Waals surface area contributed by atoms with Crippen molar-refractivity contribution in [2.24, 2.45) is 10.2 Å². The highest BCUT2D eigenvalue weighted by atomic mass is 16.4. The fourth-order valence-electron chi connectivity index (χ4n) is 1.15. The number of nitrogens with zero attached hydrogens (tertiary/aromatic N) is 2. The molecule has 6 nitrogen and oxygen atoms in total. The largest absolute Gasteiger partial charge is 0.462 e. The maximum absolute atomic E-state index is 9.38. The quantitative estimate of drug-likeness (QED) is 0.683. The predicted molar refractivity (Wildman–Crippen MR) is 83.3 cm³/mol. The topological polar surface area (TPSA) is 99.3 Å². The molecule has 0 aliphatic rings. The summed E-state index contributed by atoms with van der Waals surface area (Å²) in [5.74, 6) is 0. The van der Waals surface area contributed by atoms with Crippen LogP contribution in [0, 0.1) is 13.8 Å². The third-order valence-electron chi connectivity index (χ3n) is 2.10. The van der Waals surface area contributed by atoms with E-state index in [1.807, 2.05) is 36.4 Å². The van der Waals surface area contributed by atoms with Crippen LogP contribution in [0.1, 0.15) is 11.1 Å². The van der Waals surface area contributed by atoms with Gasteiger partial charge < -0.3 is 10.2 Å². The van der Waals surface area contributed by atoms with Gasteiger partial charge in [-0.15, -0.1) is 0 Å². The molecule has 0 unspecified atom stereocenters. The molecule has 0 radical (unpaired) electrons. The molecule has 22 heavy (non-hydrogen) atoms. The van der Waals surface area contributed by atoms with Crippen LogP contribution >= 0.6 is 0 Å². The number of amides is 2. The zero-order valence-corrected chi connectivity index (χ0v) is 12.4. The zero-order valence-electron chi connectivity index (χ0n) is 12.4. The minimum Gasteiger partial charge on any atom is -0.462 e. The van der Waals surface area contributed by atoms with Crippen molar-refractivity contribution in [3.05, 3.63) is 71.8 Å². The fraction of sp³-hybridized carbons (Fsp3) is 0.125. The average molecular weight is 302 g/mol. The SMILES string of the molecule is Cc1ccccc1.Cc1ccccc1.O=C(O)/N=N/C(=O)O. The van der Waals surface area contributed by atoms with Crippen molar-refractivity contribution in [2.45, 2.75) is 13.8 Å². The van der Waals surface area contributed by atoms with Gasteiger partial charge in [0.1, 0.15) is 0 Å². The van der Waals surface area contributed by atoms with Crippen molar-refractivity contribution >= 4 is 12.2 Å². The summed E-state index contributed by atoms with van der Waals surface area (Å²) in [6, 6.07) is 20.5. The molecule has 2 amide bonds. The molecule has 0 heterocycles. The van der Waals surface area contributed by atoms with Crippen LogP contribution in [0.5, 0.6) is 0 Å². The third-order valence-corrected chi connectivity index (χ3v) is 2.10. The van der Waals surface area contributed by atoms with Crippen molar-refractivity contribution in [3.8, 4) is 0 Å². The summed E-state index contributed by atoms with van der Waals surface area (Å²) in [4.78, 5) is 18.8. The van der Waals surface area contributed by atoms with Gasteiger partial charge in [-0.3, -0.25) is 0 Å². The molecule has 2 rings (SSSR count). The molecular weight excluding hydrogens is 284 g/mol. The van der Waals surface area contributed by atoms with E-state index in [0.717, 1.165) is 0 Å². The average Bonchev–Trinajstić information content (AvgIpc) is 2.48. The van der Waals surface area contributed by atoms with Crippen LogP contribution in [0.2, 0.25) is 0 Å². The van der Waals surface area contributed by atoms with E-state index >= 15 is 0 Å². The second-order valence-corrected chi connectivity index (χ2v) is 4.07. The van der Waals surface area contributed by atoms with E-state index in [1.54, 1.807) is 0 Å². The van der Waals surface area contributed by atoms with Gasteiger partial charge in [-0.25, -0.2) is 9.59 Å². The van der Waals surface area contributed by atoms with Gasteiger partial charge in [0.15, 0.2) is 0 Å². The van der Waals surface area contributed by atoms with Crippen LogP contribution < -0.4 is 0 Å². The van der Waals surface area contributed by atoms with E-state index in [-0.39, 0.29) is 0 Å². The van der Waals surface area contributed by atoms with Gasteiger partial charge in [0.25, 0.3) is 0 Å². The lowest BCUT2D eigenvalue weighted by molar-refractivity contribution is 0.194. The summed E-state index contributed by atoms with van der Waals surface area (Å²) >= 11 is 0. The second-order valence-electron chi connectivity index (χ2n) is 4.07. The minimum absolute atomic E-state index is 1.32. The van der Waals surface area contributed by atoms with E-state index in [9.17, 15) is 9.59 Å². The number of rotatable bonds is 0. The lowest BCUT2D eigenvalue weighted by Crippen LogP contribution is -1.87. The first-order valence-corrected chi connectivity index (χ1v) is 6.32. The first-order valence-electron chi connectivity index (χ1n) is 6.32. The van der Waals surface area contributed by atoms with Gasteiger partial charge in [-0.1, -0.05) is 82.0 Å². The smallest absolute Gasteiger partial charge is 0.450 e. The zero-order chi connectivity index (χ0) is 16.8. The molecule has 116 valence electrons. The highest BCUT2D eigenvalue weighted by Crippen LogP contribution is 1.92. The first-order chi connectivity index (χ1) is 10.4. The lowest BCUT2D eigenvalue weighted by atomic mass is 10.2. The standard InChI is InChI=1S/2C7H8.C2H2N2O4/c2*1-7-5-3-2-4-6-7;5-1(6)3-4-2(7)8/h2*2-6H,1H3;(H,5,6)(H,7,8)/b;;4-3+. The maximum atomic E-state index is 9.38. The number of azo groups is 1. The second kappa shape index (κ2) is 11.8. The Labute approximate surface area is 128 Å². The molecule has 2 aromatic carbocycles. The number of aryl methyl sites for hydroxylation is 2. The molecule has 0 bridgehead atoms. The molecule has 0 spiro atoms. The van der Waals surface area contributed by atoms with E-state index in [2.05, 4.69) is 48.3 Å². The third kappa shape index (κ3) is 13.4. The Kier molecular flexibility index (Phi) is 10.2. The number of hydrogen-bond acceptors (Lipinski definition) is 2. The molecule has 0 aliphatic heterocycles. The molecular formula is C16H18N2O4. The Morgan fingerprint density at radius 3 is 1.09 bits per heavy atom. The van der Waals surface area contributed by atoms with Crippen LogP contribution in [0.4, 0.5) is 9.59 Å². The number of carboxylic acid groups (broad SMARTS) is 2. The molecule has 0 saturated carbocycles. The molecule has 0 fully saturated rings. The highest BCUT2D eigenvalue weighted by molar-refractivity contribution is 5.70. The Balaban J connectivity index is 0.000000301. The van der Waals surface area contributed by atoms with Gasteiger partial charge in [-0.2, -0.15) is 0 Å². The van der Waals surface area contributed by atoms with Crippen molar-refractivity contribution in [2.75, 3.05) is 0 Å². The predicted octanol–water partition coefficient (Wildman–Crippen LogP) is 4.78. The maximum Gasteiger partial charge on any atom is 0.450 e. The number of carbonyl (C=O) groups is 2. The van der Waals surface area contributed by atoms with Crippen LogP contribution in [0.15, 0.2) is 70.9 Å². The summed E-state index contributed by atoms with van der Waals surface area (Å²) in [5.41, 5.74) is 2.64. The van der Waals surface area contributed by atoms with E-state index in [1.165, 1.54) is 11.1 Å². The fourth-order valence-corrected chi connectivity index (χ4v) is 1.15. The van der Waals surface area contributed by atoms with Crippen molar-refractivity contribution < 1.29 is 19.8 Å². The molecule has 2 N–H and O–H groups in total. The van der Waals surface area contributed by atoms with Gasteiger partial charge >= 0.3 is 12.2 Å². The van der Waals surface area contributed by atoms with Gasteiger partial charge in [0, 0.05) is 0 Å². The minimum atomic E-state index is -1.62. The van der Waals surface area contributed by atoms with Gasteiger partial charge in [0.2, 0.25) is 0 Å². The Hall–Kier alpha value is -3.02. The van der Waals surface area contributed by atoms with Crippen LogP contribution in [0.3, 0.4) is 0 Å². The summed E-state index contributed by atoms with van der Waals surface area (Å²) < 4.78 is 0. The summed E-state index contributed by atoms with van der Waals surface area (Å²) in [5, 5.41) is 19.8. The molecule has 0 saturated heterocycles. The normalized spacial score (nSPS) is 9.00. The monoisotopic (exact) mass is 302 g/mol. The van der Waals surface area contributed by atoms with Gasteiger partial charge in [0.05, 0.1) is 0 Å². The van der Waals surface area contributed by atoms with Crippen molar-refractivity contribution in [1.29, 1.82) is 0 Å². The molecule has 0 aliphatic carbocycles. The highest BCUT2D eigenvalue weighted by Gasteiger charge is 1.91. The lowest BCUT2D eigenvalue weighted by Gasteiger charge is -1.82. The van der Waals surface area contributed by atoms with Crippen LogP contribution in [0.25, 0.3) is 0 Å². The molecule has 0 aromatic heterocycles. The Morgan fingerprint density at radius 1 is 0.682 bits per heavy atom. The summed E-state index contributed by atoms with van der Waals surface area (Å²) in [6.07, 6.45) is -3.24.